The van der Waals surface area contributed by atoms with Gasteiger partial charge in [-0.3, -0.25) is 14.7 Å². The van der Waals surface area contributed by atoms with Crippen LogP contribution in [0.25, 0.3) is 5.69 Å². The molecule has 0 aliphatic carbocycles. The molecule has 4 aromatic rings. The first-order valence-electron chi connectivity index (χ1n) is 10.4. The predicted octanol–water partition coefficient (Wildman–Crippen LogP) is 6.71. The quantitative estimate of drug-likeness (QED) is 0.135. The van der Waals surface area contributed by atoms with E-state index < -0.39 is 5.25 Å². The maximum atomic E-state index is 13.4. The second-order valence-electron chi connectivity index (χ2n) is 7.57. The van der Waals surface area contributed by atoms with E-state index in [1.165, 1.54) is 23.9 Å². The first-order valence-corrected chi connectivity index (χ1v) is 12.1. The molecule has 0 amide bonds. The van der Waals surface area contributed by atoms with Gasteiger partial charge in [0.15, 0.2) is 5.16 Å². The molecule has 1 aromatic heterocycles. The SMILES string of the molecule is Cc1nnc(S[C@@H](C[N+](=O)[O-])c2ccc(OCc3cccc(F)c3)c(Cl)c2)n1-c1ccc(Cl)cc1. The lowest BCUT2D eigenvalue weighted by Crippen LogP contribution is -2.11. The van der Waals surface area contributed by atoms with E-state index in [0.717, 1.165) is 5.69 Å². The summed E-state index contributed by atoms with van der Waals surface area (Å²) in [7, 11) is 0. The van der Waals surface area contributed by atoms with Gasteiger partial charge in [-0.2, -0.15) is 0 Å². The Bertz CT molecular complexity index is 1350. The Morgan fingerprint density at radius 1 is 1.11 bits per heavy atom. The molecule has 0 aliphatic heterocycles. The van der Waals surface area contributed by atoms with Crippen molar-refractivity contribution in [2.45, 2.75) is 23.9 Å². The van der Waals surface area contributed by atoms with Gasteiger partial charge in [-0.15, -0.1) is 10.2 Å². The standard InChI is InChI=1S/C24H19Cl2FN4O3S/c1-15-28-29-24(31(15)20-8-6-18(25)7-9-20)35-23(13-30(32)33)17-5-10-22(21(26)12-17)34-14-16-3-2-4-19(27)11-16/h2-12,23H,13-14H2,1H3/t23-/m0/s1. The van der Waals surface area contributed by atoms with E-state index in [1.807, 2.05) is 16.7 Å². The van der Waals surface area contributed by atoms with Gasteiger partial charge < -0.3 is 4.74 Å². The van der Waals surface area contributed by atoms with Crippen molar-refractivity contribution in [2.24, 2.45) is 0 Å². The summed E-state index contributed by atoms with van der Waals surface area (Å²) >= 11 is 13.7. The van der Waals surface area contributed by atoms with E-state index in [9.17, 15) is 14.5 Å². The Kier molecular flexibility index (Phi) is 7.90. The van der Waals surface area contributed by atoms with E-state index >= 15 is 0 Å². The topological polar surface area (TPSA) is 83.1 Å². The average Bonchev–Trinajstić information content (AvgIpc) is 3.18. The first-order chi connectivity index (χ1) is 16.8. The molecule has 0 saturated heterocycles. The highest BCUT2D eigenvalue weighted by atomic mass is 35.5. The molecule has 180 valence electrons. The Labute approximate surface area is 215 Å². The van der Waals surface area contributed by atoms with Crippen LogP contribution in [0, 0.1) is 22.9 Å². The van der Waals surface area contributed by atoms with E-state index in [1.54, 1.807) is 49.4 Å². The van der Waals surface area contributed by atoms with Crippen LogP contribution in [0.3, 0.4) is 0 Å². The Morgan fingerprint density at radius 2 is 1.89 bits per heavy atom. The van der Waals surface area contributed by atoms with Crippen LogP contribution in [-0.2, 0) is 6.61 Å². The summed E-state index contributed by atoms with van der Waals surface area (Å²) in [6.07, 6.45) is 0. The molecule has 1 heterocycles. The molecule has 0 bridgehead atoms. The van der Waals surface area contributed by atoms with Crippen LogP contribution in [0.5, 0.6) is 5.75 Å². The minimum Gasteiger partial charge on any atom is -0.487 e. The molecule has 0 radical (unpaired) electrons. The lowest BCUT2D eigenvalue weighted by molar-refractivity contribution is -0.479. The van der Waals surface area contributed by atoms with Crippen molar-refractivity contribution in [2.75, 3.05) is 6.54 Å². The molecule has 3 aromatic carbocycles. The average molecular weight is 533 g/mol. The molecule has 1 atom stereocenters. The van der Waals surface area contributed by atoms with Gasteiger partial charge in [-0.05, 0) is 66.6 Å². The van der Waals surface area contributed by atoms with Gasteiger partial charge >= 0.3 is 0 Å². The molecule has 0 aliphatic rings. The fraction of sp³-hybridized carbons (Fsp3) is 0.167. The highest BCUT2D eigenvalue weighted by molar-refractivity contribution is 7.99. The van der Waals surface area contributed by atoms with Gasteiger partial charge in [0.25, 0.3) is 0 Å². The number of benzene rings is 3. The third kappa shape index (κ3) is 6.30. The van der Waals surface area contributed by atoms with Gasteiger partial charge in [0.1, 0.15) is 29.2 Å². The monoisotopic (exact) mass is 532 g/mol. The summed E-state index contributed by atoms with van der Waals surface area (Å²) in [6.45, 7) is 1.58. The van der Waals surface area contributed by atoms with Crippen molar-refractivity contribution in [1.82, 2.24) is 14.8 Å². The van der Waals surface area contributed by atoms with Crippen LogP contribution in [0.4, 0.5) is 4.39 Å². The van der Waals surface area contributed by atoms with Crippen LogP contribution in [0.15, 0.2) is 71.9 Å². The number of ether oxygens (including phenoxy) is 1. The third-order valence-electron chi connectivity index (χ3n) is 5.05. The molecular weight excluding hydrogens is 514 g/mol. The molecule has 0 fully saturated rings. The summed E-state index contributed by atoms with van der Waals surface area (Å²) < 4.78 is 20.9. The number of nitro groups is 1. The van der Waals surface area contributed by atoms with Crippen molar-refractivity contribution in [3.8, 4) is 11.4 Å². The van der Waals surface area contributed by atoms with E-state index in [4.69, 9.17) is 27.9 Å². The number of thioether (sulfide) groups is 1. The van der Waals surface area contributed by atoms with Crippen molar-refractivity contribution < 1.29 is 14.1 Å². The van der Waals surface area contributed by atoms with Gasteiger partial charge in [-0.25, -0.2) is 4.39 Å². The second-order valence-corrected chi connectivity index (χ2v) is 9.59. The van der Waals surface area contributed by atoms with Crippen molar-refractivity contribution in [1.29, 1.82) is 0 Å². The van der Waals surface area contributed by atoms with Crippen LogP contribution >= 0.6 is 35.0 Å². The summed E-state index contributed by atoms with van der Waals surface area (Å²) in [4.78, 5) is 11.1. The smallest absolute Gasteiger partial charge is 0.220 e. The number of aromatic nitrogens is 3. The zero-order valence-corrected chi connectivity index (χ0v) is 20.7. The second kappa shape index (κ2) is 11.1. The molecular formula is C24H19Cl2FN4O3S. The molecule has 0 spiro atoms. The van der Waals surface area contributed by atoms with Crippen molar-refractivity contribution in [3.63, 3.8) is 0 Å². The molecule has 0 saturated carbocycles. The van der Waals surface area contributed by atoms with Gasteiger partial charge in [-0.1, -0.05) is 53.2 Å². The van der Waals surface area contributed by atoms with Crippen molar-refractivity contribution in [3.05, 3.63) is 110 Å². The minimum absolute atomic E-state index is 0.132. The van der Waals surface area contributed by atoms with E-state index in [0.29, 0.717) is 37.9 Å². The Morgan fingerprint density at radius 3 is 2.57 bits per heavy atom. The molecule has 4 rings (SSSR count). The summed E-state index contributed by atoms with van der Waals surface area (Å²) in [5, 5.41) is 20.6. The zero-order valence-electron chi connectivity index (χ0n) is 18.4. The van der Waals surface area contributed by atoms with Crippen molar-refractivity contribution >= 4 is 35.0 Å². The fourth-order valence-electron chi connectivity index (χ4n) is 3.40. The van der Waals surface area contributed by atoms with Gasteiger partial charge in [0.2, 0.25) is 6.54 Å². The molecule has 11 heteroatoms. The number of nitrogens with zero attached hydrogens (tertiary/aromatic N) is 4. The van der Waals surface area contributed by atoms with Crippen LogP contribution in [-0.4, -0.2) is 26.2 Å². The third-order valence-corrected chi connectivity index (χ3v) is 6.78. The van der Waals surface area contributed by atoms with E-state index in [-0.39, 0.29) is 23.9 Å². The number of hydrogen-bond acceptors (Lipinski definition) is 6. The number of aryl methyl sites for hydroxylation is 1. The van der Waals surface area contributed by atoms with Gasteiger partial charge in [0.05, 0.1) is 5.02 Å². The Hall–Kier alpha value is -3.14. The maximum absolute atomic E-state index is 13.4. The lowest BCUT2D eigenvalue weighted by atomic mass is 10.1. The summed E-state index contributed by atoms with van der Waals surface area (Å²) in [5.41, 5.74) is 2.08. The lowest BCUT2D eigenvalue weighted by Gasteiger charge is -2.16. The molecule has 35 heavy (non-hydrogen) atoms. The molecule has 0 unspecified atom stereocenters. The summed E-state index contributed by atoms with van der Waals surface area (Å²) in [6, 6.07) is 18.3. The minimum atomic E-state index is -0.589. The maximum Gasteiger partial charge on any atom is 0.220 e. The molecule has 7 nitrogen and oxygen atoms in total. The van der Waals surface area contributed by atoms with E-state index in [2.05, 4.69) is 10.2 Å². The summed E-state index contributed by atoms with van der Waals surface area (Å²) in [5.74, 6) is 0.674. The first kappa shape index (κ1) is 25.0. The Balaban J connectivity index is 1.57. The van der Waals surface area contributed by atoms with Gasteiger partial charge in [0, 0.05) is 15.6 Å². The highest BCUT2D eigenvalue weighted by Crippen LogP contribution is 2.38. The normalized spacial score (nSPS) is 11.9. The fourth-order valence-corrected chi connectivity index (χ4v) is 4.94. The molecule has 0 N–H and O–H groups in total. The number of hydrogen-bond donors (Lipinski definition) is 0. The predicted molar refractivity (Wildman–Crippen MR) is 134 cm³/mol. The number of rotatable bonds is 9. The number of halogens is 3. The van der Waals surface area contributed by atoms with Crippen LogP contribution in [0.2, 0.25) is 10.0 Å². The highest BCUT2D eigenvalue weighted by Gasteiger charge is 2.24. The van der Waals surface area contributed by atoms with Crippen LogP contribution < -0.4 is 4.74 Å². The van der Waals surface area contributed by atoms with Crippen LogP contribution in [0.1, 0.15) is 22.2 Å². The zero-order chi connectivity index (χ0) is 24.9. The largest absolute Gasteiger partial charge is 0.487 e.